The molecule has 5 nitrogen and oxygen atoms in total. The maximum Gasteiger partial charge on any atom is 0.408 e. The molecule has 5 rings (SSSR count). The molecule has 3 aromatic rings. The van der Waals surface area contributed by atoms with Crippen LogP contribution in [-0.2, 0) is 0 Å². The van der Waals surface area contributed by atoms with Crippen molar-refractivity contribution < 1.29 is 8.53 Å². The predicted molar refractivity (Wildman–Crippen MR) is 113 cm³/mol. The summed E-state index contributed by atoms with van der Waals surface area (Å²) in [7, 11) is 2.03. The highest BCUT2D eigenvalue weighted by atomic mass is 16.3. The van der Waals surface area contributed by atoms with Gasteiger partial charge in [0.15, 0.2) is 5.76 Å². The van der Waals surface area contributed by atoms with E-state index >= 15 is 0 Å². The van der Waals surface area contributed by atoms with Crippen molar-refractivity contribution in [1.29, 1.82) is 0 Å². The van der Waals surface area contributed by atoms with Crippen LogP contribution >= 0.6 is 0 Å². The molecule has 0 spiro atoms. The number of hydrogen-bond acceptors (Lipinski definition) is 5. The Morgan fingerprint density at radius 2 is 1.93 bits per heavy atom. The average Bonchev–Trinajstić information content (AvgIpc) is 3.15. The normalized spacial score (nSPS) is 21.0. The third-order valence-electron chi connectivity index (χ3n) is 5.64. The minimum atomic E-state index is -2.23. The molecule has 0 radical (unpaired) electrons. The summed E-state index contributed by atoms with van der Waals surface area (Å²) in [5, 5.41) is 0.958. The van der Waals surface area contributed by atoms with Gasteiger partial charge in [-0.3, -0.25) is 0 Å². The van der Waals surface area contributed by atoms with E-state index in [1.54, 1.807) is 0 Å². The van der Waals surface area contributed by atoms with E-state index in [1.165, 1.54) is 4.90 Å². The number of furan rings is 1. The van der Waals surface area contributed by atoms with Crippen molar-refractivity contribution in [3.05, 3.63) is 53.3 Å². The summed E-state index contributed by atoms with van der Waals surface area (Å²) in [6.07, 6.45) is 1.70. The molecule has 0 bridgehead atoms. The van der Waals surface area contributed by atoms with E-state index in [-0.39, 0.29) is 13.1 Å². The first kappa shape index (κ1) is 13.3. The number of aryl methyl sites for hydroxylation is 1. The van der Waals surface area contributed by atoms with Crippen LogP contribution < -0.4 is 14.5 Å². The van der Waals surface area contributed by atoms with Crippen LogP contribution in [0.1, 0.15) is 29.4 Å². The second-order valence-corrected chi connectivity index (χ2v) is 7.39. The van der Waals surface area contributed by atoms with Gasteiger partial charge in [0.05, 0.1) is 28.6 Å². The first-order chi connectivity index (χ1) is 14.2. The molecule has 0 N–H and O–H groups in total. The van der Waals surface area contributed by atoms with E-state index in [9.17, 15) is 0 Å². The Balaban J connectivity index is 1.66. The number of benzene rings is 1. The number of rotatable bonds is 1. The molecule has 1 atom stereocenters. The van der Waals surface area contributed by atoms with Gasteiger partial charge in [0.2, 0.25) is 5.71 Å². The lowest BCUT2D eigenvalue weighted by Crippen LogP contribution is -2.58. The van der Waals surface area contributed by atoms with E-state index in [0.29, 0.717) is 5.71 Å². The third-order valence-corrected chi connectivity index (χ3v) is 5.64. The van der Waals surface area contributed by atoms with Crippen molar-refractivity contribution in [1.82, 2.24) is 4.98 Å². The topological polar surface area (TPSA) is 35.8 Å². The van der Waals surface area contributed by atoms with Crippen LogP contribution in [0.4, 0.5) is 17.1 Å². The van der Waals surface area contributed by atoms with Gasteiger partial charge in [0, 0.05) is 16.8 Å². The summed E-state index contributed by atoms with van der Waals surface area (Å²) in [5.74, 6) is 0.784. The number of fused-ring (bicyclic) bond motifs is 4. The van der Waals surface area contributed by atoms with Gasteiger partial charge in [-0.15, -0.1) is 0 Å². The van der Waals surface area contributed by atoms with E-state index < -0.39 is 6.98 Å². The fourth-order valence-corrected chi connectivity index (χ4v) is 4.40. The molecule has 4 heterocycles. The smallest absolute Gasteiger partial charge is 0.408 e. The van der Waals surface area contributed by atoms with Crippen LogP contribution in [0.15, 0.2) is 46.3 Å². The monoisotopic (exact) mass is 361 g/mol. The highest BCUT2D eigenvalue weighted by molar-refractivity contribution is 6.76. The first-order valence-corrected chi connectivity index (χ1v) is 9.16. The van der Waals surface area contributed by atoms with Crippen molar-refractivity contribution in [2.24, 2.45) is 0 Å². The summed E-state index contributed by atoms with van der Waals surface area (Å²) < 4.78 is 30.3. The summed E-state index contributed by atoms with van der Waals surface area (Å²) in [6, 6.07) is 11.7. The number of nitrogens with zero attached hydrogens (tertiary/aromatic N) is 4. The average molecular weight is 361 g/mol. The van der Waals surface area contributed by atoms with E-state index in [4.69, 9.17) is 8.53 Å². The molecular formula is C21H23BN4O. The maximum absolute atomic E-state index is 8.10. The van der Waals surface area contributed by atoms with Crippen LogP contribution in [0.5, 0.6) is 0 Å². The van der Waals surface area contributed by atoms with Crippen LogP contribution in [0.25, 0.3) is 17.2 Å². The lowest BCUT2D eigenvalue weighted by molar-refractivity contribution is 0.590. The molecule has 0 unspecified atom stereocenters. The molecule has 1 aromatic carbocycles. The molecule has 27 heavy (non-hydrogen) atoms. The lowest BCUT2D eigenvalue weighted by Gasteiger charge is -2.40. The fraction of sp³-hybridized carbons (Fsp3) is 0.286. The summed E-state index contributed by atoms with van der Waals surface area (Å²) >= 11 is 0. The van der Waals surface area contributed by atoms with E-state index in [0.717, 1.165) is 39.4 Å². The standard InChI is InChI=1S/C21H23BN4O/c1-13-12-19-20(16-11-10-14(2)23-21(16)27-19)25(5)22(13)26-15(3)24(4)17-8-6-7-9-18(17)26/h6-12,15H,1-5H3/t15-/m0/s1/i4D3. The van der Waals surface area contributed by atoms with Crippen molar-refractivity contribution >= 4 is 41.2 Å². The van der Waals surface area contributed by atoms with E-state index in [1.807, 2.05) is 63.4 Å². The van der Waals surface area contributed by atoms with Gasteiger partial charge in [-0.2, -0.15) is 0 Å². The Bertz CT molecular complexity index is 1190. The molecule has 2 aliphatic rings. The number of para-hydroxylation sites is 2. The second-order valence-electron chi connectivity index (χ2n) is 7.39. The number of anilines is 3. The van der Waals surface area contributed by atoms with Gasteiger partial charge >= 0.3 is 6.98 Å². The van der Waals surface area contributed by atoms with Crippen LogP contribution in [0.2, 0.25) is 0 Å². The minimum Gasteiger partial charge on any atom is -0.436 e. The minimum absolute atomic E-state index is 0.150. The van der Waals surface area contributed by atoms with Gasteiger partial charge in [-0.1, -0.05) is 17.6 Å². The summed E-state index contributed by atoms with van der Waals surface area (Å²) in [5.41, 5.74) is 5.22. The Hall–Kier alpha value is -2.89. The zero-order chi connectivity index (χ0) is 21.4. The third kappa shape index (κ3) is 2.16. The number of hydrogen-bond donors (Lipinski definition) is 0. The highest BCUT2D eigenvalue weighted by Gasteiger charge is 2.44. The molecule has 0 saturated heterocycles. The second kappa shape index (κ2) is 5.55. The predicted octanol–water partition coefficient (Wildman–Crippen LogP) is 4.32. The Labute approximate surface area is 164 Å². The van der Waals surface area contributed by atoms with E-state index in [2.05, 4.69) is 21.5 Å². The van der Waals surface area contributed by atoms with Crippen molar-refractivity contribution in [3.8, 4) is 0 Å². The largest absolute Gasteiger partial charge is 0.436 e. The molecule has 136 valence electrons. The quantitative estimate of drug-likeness (QED) is 0.604. The van der Waals surface area contributed by atoms with Gasteiger partial charge in [-0.05, 0) is 58.2 Å². The number of allylic oxidation sites excluding steroid dienone is 1. The van der Waals surface area contributed by atoms with Crippen LogP contribution in [-0.4, -0.2) is 32.2 Å². The van der Waals surface area contributed by atoms with Gasteiger partial charge in [-0.25, -0.2) is 4.98 Å². The zero-order valence-electron chi connectivity index (χ0n) is 18.9. The van der Waals surface area contributed by atoms with Crippen molar-refractivity contribution in [2.75, 3.05) is 28.5 Å². The first-order valence-electron chi connectivity index (χ1n) is 10.7. The Kier molecular flexibility index (Phi) is 2.74. The van der Waals surface area contributed by atoms with Crippen LogP contribution in [0, 0.1) is 6.92 Å². The zero-order valence-corrected chi connectivity index (χ0v) is 15.9. The Morgan fingerprint density at radius 3 is 2.70 bits per heavy atom. The molecule has 2 aliphatic heterocycles. The van der Waals surface area contributed by atoms with Crippen molar-refractivity contribution in [3.63, 3.8) is 0 Å². The fourth-order valence-electron chi connectivity index (χ4n) is 4.40. The maximum atomic E-state index is 8.10. The highest BCUT2D eigenvalue weighted by Crippen LogP contribution is 2.44. The summed E-state index contributed by atoms with van der Waals surface area (Å²) in [6.45, 7) is 3.57. The van der Waals surface area contributed by atoms with Gasteiger partial charge < -0.3 is 18.9 Å². The van der Waals surface area contributed by atoms with Crippen LogP contribution in [0.3, 0.4) is 0 Å². The number of pyridine rings is 1. The summed E-state index contributed by atoms with van der Waals surface area (Å²) in [4.78, 5) is 10.4. The molecule has 0 amide bonds. The Morgan fingerprint density at radius 1 is 1.15 bits per heavy atom. The number of aromatic nitrogens is 1. The lowest BCUT2D eigenvalue weighted by atomic mass is 9.61. The van der Waals surface area contributed by atoms with Crippen molar-refractivity contribution in [2.45, 2.75) is 26.9 Å². The SMILES string of the molecule is [2H]C([2H])([2H])N1c2ccccc2N(B2C(C)=Cc3oc4nc(C)ccc4c3N2C)[C@H]1C. The molecule has 0 fully saturated rings. The molecular weight excluding hydrogens is 335 g/mol. The molecule has 0 aliphatic carbocycles. The van der Waals surface area contributed by atoms with Gasteiger partial charge in [0.25, 0.3) is 0 Å². The van der Waals surface area contributed by atoms with Gasteiger partial charge in [0.1, 0.15) is 0 Å². The molecule has 0 saturated carbocycles. The molecule has 2 aromatic heterocycles. The molecule has 6 heteroatoms.